The molecule has 4 nitrogen and oxygen atoms in total. The third kappa shape index (κ3) is 3.34. The Balaban J connectivity index is 2.47. The molecule has 0 saturated carbocycles. The van der Waals surface area contributed by atoms with Crippen molar-refractivity contribution in [3.05, 3.63) is 59.2 Å². The molecule has 0 aromatic heterocycles. The van der Waals surface area contributed by atoms with E-state index < -0.39 is 0 Å². The molecule has 0 aliphatic heterocycles. The molecule has 0 amide bonds. The van der Waals surface area contributed by atoms with E-state index >= 15 is 0 Å². The largest absolute Gasteiger partial charge is 0.456 e. The zero-order valence-corrected chi connectivity index (χ0v) is 12.5. The van der Waals surface area contributed by atoms with Crippen LogP contribution in [0, 0.1) is 6.92 Å². The monoisotopic (exact) mass is 284 g/mol. The Morgan fingerprint density at radius 2 is 1.86 bits per heavy atom. The molecule has 0 aliphatic rings. The number of amidine groups is 1. The fraction of sp³-hybridized carbons (Fsp3) is 0.235. The van der Waals surface area contributed by atoms with Crippen LogP contribution < -0.4 is 10.5 Å². The van der Waals surface area contributed by atoms with Gasteiger partial charge in [-0.3, -0.25) is 0 Å². The molecule has 4 heteroatoms. The Labute approximate surface area is 124 Å². The molecule has 0 fully saturated rings. The van der Waals surface area contributed by atoms with Crippen molar-refractivity contribution in [3.8, 4) is 11.5 Å². The van der Waals surface area contributed by atoms with Crippen molar-refractivity contribution in [2.24, 2.45) is 10.9 Å². The standard InChI is InChI=1S/C17H20N2O2/c1-11(2)13-6-4-5-7-15(13)21-16-10-12(3)8-9-14(16)17(18)19-20/h4-11,20H,1-3H3,(H2,18,19). The number of oxime groups is 1. The second-order valence-electron chi connectivity index (χ2n) is 5.28. The molecule has 21 heavy (non-hydrogen) atoms. The van der Waals surface area contributed by atoms with Crippen LogP contribution >= 0.6 is 0 Å². The minimum absolute atomic E-state index is 0.0343. The van der Waals surface area contributed by atoms with Gasteiger partial charge in [-0.05, 0) is 42.2 Å². The van der Waals surface area contributed by atoms with Crippen molar-refractivity contribution in [2.45, 2.75) is 26.7 Å². The van der Waals surface area contributed by atoms with E-state index in [-0.39, 0.29) is 5.84 Å². The van der Waals surface area contributed by atoms with Gasteiger partial charge in [0.25, 0.3) is 0 Å². The Kier molecular flexibility index (Phi) is 4.48. The smallest absolute Gasteiger partial charge is 0.173 e. The molecular formula is C17H20N2O2. The van der Waals surface area contributed by atoms with Crippen LogP contribution in [0.25, 0.3) is 0 Å². The SMILES string of the molecule is Cc1ccc(C(N)=NO)c(Oc2ccccc2C(C)C)c1. The van der Waals surface area contributed by atoms with Crippen molar-refractivity contribution >= 4 is 5.84 Å². The van der Waals surface area contributed by atoms with E-state index in [2.05, 4.69) is 19.0 Å². The van der Waals surface area contributed by atoms with Crippen molar-refractivity contribution in [1.29, 1.82) is 0 Å². The molecule has 0 saturated heterocycles. The van der Waals surface area contributed by atoms with Gasteiger partial charge in [0, 0.05) is 0 Å². The maximum absolute atomic E-state index is 8.90. The normalized spacial score (nSPS) is 11.7. The summed E-state index contributed by atoms with van der Waals surface area (Å²) in [6.45, 7) is 6.20. The van der Waals surface area contributed by atoms with Crippen LogP contribution in [0.1, 0.15) is 36.5 Å². The summed E-state index contributed by atoms with van der Waals surface area (Å²) in [7, 11) is 0. The highest BCUT2D eigenvalue weighted by molar-refractivity contribution is 5.99. The van der Waals surface area contributed by atoms with Gasteiger partial charge in [-0.2, -0.15) is 0 Å². The van der Waals surface area contributed by atoms with Crippen LogP contribution in [-0.4, -0.2) is 11.0 Å². The summed E-state index contributed by atoms with van der Waals surface area (Å²) in [6, 6.07) is 13.5. The molecule has 0 aliphatic carbocycles. The molecule has 0 radical (unpaired) electrons. The van der Waals surface area contributed by atoms with Gasteiger partial charge in [0.05, 0.1) is 5.56 Å². The summed E-state index contributed by atoms with van der Waals surface area (Å²) in [5.41, 5.74) is 8.45. The first kappa shape index (κ1) is 14.9. The third-order valence-corrected chi connectivity index (χ3v) is 3.28. The Morgan fingerprint density at radius 3 is 2.52 bits per heavy atom. The average molecular weight is 284 g/mol. The van der Waals surface area contributed by atoms with Crippen LogP contribution in [0.15, 0.2) is 47.6 Å². The molecule has 110 valence electrons. The summed E-state index contributed by atoms with van der Waals surface area (Å²) in [6.07, 6.45) is 0. The van der Waals surface area contributed by atoms with E-state index in [1.807, 2.05) is 43.3 Å². The zero-order valence-electron chi connectivity index (χ0n) is 12.5. The second-order valence-corrected chi connectivity index (χ2v) is 5.28. The Hall–Kier alpha value is -2.49. The van der Waals surface area contributed by atoms with Crippen molar-refractivity contribution in [1.82, 2.24) is 0 Å². The van der Waals surface area contributed by atoms with Gasteiger partial charge >= 0.3 is 0 Å². The van der Waals surface area contributed by atoms with Gasteiger partial charge in [0.2, 0.25) is 0 Å². The topological polar surface area (TPSA) is 67.8 Å². The van der Waals surface area contributed by atoms with Gasteiger partial charge in [-0.15, -0.1) is 0 Å². The fourth-order valence-electron chi connectivity index (χ4n) is 2.15. The number of hydrogen-bond acceptors (Lipinski definition) is 3. The molecule has 0 spiro atoms. The van der Waals surface area contributed by atoms with E-state index in [9.17, 15) is 0 Å². The van der Waals surface area contributed by atoms with E-state index in [4.69, 9.17) is 15.7 Å². The highest BCUT2D eigenvalue weighted by Gasteiger charge is 2.13. The Bertz CT molecular complexity index is 664. The maximum atomic E-state index is 8.90. The molecule has 2 rings (SSSR count). The average Bonchev–Trinajstić information content (AvgIpc) is 2.47. The van der Waals surface area contributed by atoms with Crippen molar-refractivity contribution < 1.29 is 9.94 Å². The molecular weight excluding hydrogens is 264 g/mol. The van der Waals surface area contributed by atoms with Crippen LogP contribution in [0.2, 0.25) is 0 Å². The zero-order chi connectivity index (χ0) is 15.4. The minimum Gasteiger partial charge on any atom is -0.456 e. The molecule has 2 aromatic carbocycles. The number of nitrogens with zero attached hydrogens (tertiary/aromatic N) is 1. The first-order valence-electron chi connectivity index (χ1n) is 6.88. The predicted octanol–water partition coefficient (Wildman–Crippen LogP) is 4.01. The lowest BCUT2D eigenvalue weighted by Gasteiger charge is -2.16. The molecule has 0 atom stereocenters. The summed E-state index contributed by atoms with van der Waals surface area (Å²) in [4.78, 5) is 0. The summed E-state index contributed by atoms with van der Waals surface area (Å²) in [5, 5.41) is 12.0. The third-order valence-electron chi connectivity index (χ3n) is 3.28. The molecule has 3 N–H and O–H groups in total. The number of aryl methyl sites for hydroxylation is 1. The number of para-hydroxylation sites is 1. The van der Waals surface area contributed by atoms with Crippen molar-refractivity contribution in [3.63, 3.8) is 0 Å². The molecule has 2 aromatic rings. The molecule has 0 unspecified atom stereocenters. The van der Waals surface area contributed by atoms with Crippen molar-refractivity contribution in [2.75, 3.05) is 0 Å². The van der Waals surface area contributed by atoms with Crippen LogP contribution in [0.4, 0.5) is 0 Å². The number of benzene rings is 2. The summed E-state index contributed by atoms with van der Waals surface area (Å²) in [5.74, 6) is 1.74. The highest BCUT2D eigenvalue weighted by Crippen LogP contribution is 2.32. The number of ether oxygens (including phenoxy) is 1. The van der Waals surface area contributed by atoms with Gasteiger partial charge < -0.3 is 15.7 Å². The highest BCUT2D eigenvalue weighted by atomic mass is 16.5. The van der Waals surface area contributed by atoms with Crippen LogP contribution in [0.3, 0.4) is 0 Å². The fourth-order valence-corrected chi connectivity index (χ4v) is 2.15. The quantitative estimate of drug-likeness (QED) is 0.386. The van der Waals surface area contributed by atoms with Crippen LogP contribution in [-0.2, 0) is 0 Å². The van der Waals surface area contributed by atoms with E-state index in [0.717, 1.165) is 16.9 Å². The van der Waals surface area contributed by atoms with Gasteiger partial charge in [-0.1, -0.05) is 43.3 Å². The molecule has 0 bridgehead atoms. The van der Waals surface area contributed by atoms with E-state index in [0.29, 0.717) is 17.2 Å². The summed E-state index contributed by atoms with van der Waals surface area (Å²) >= 11 is 0. The van der Waals surface area contributed by atoms with Gasteiger partial charge in [-0.25, -0.2) is 0 Å². The summed E-state index contributed by atoms with van der Waals surface area (Å²) < 4.78 is 6.03. The number of rotatable bonds is 4. The minimum atomic E-state index is 0.0343. The Morgan fingerprint density at radius 1 is 1.14 bits per heavy atom. The predicted molar refractivity (Wildman–Crippen MR) is 84.3 cm³/mol. The lowest BCUT2D eigenvalue weighted by Crippen LogP contribution is -2.14. The number of hydrogen-bond donors (Lipinski definition) is 2. The van der Waals surface area contributed by atoms with E-state index in [1.165, 1.54) is 0 Å². The number of nitrogens with two attached hydrogens (primary N) is 1. The van der Waals surface area contributed by atoms with E-state index in [1.54, 1.807) is 6.07 Å². The second kappa shape index (κ2) is 6.31. The first-order valence-corrected chi connectivity index (χ1v) is 6.88. The first-order chi connectivity index (χ1) is 10.0. The van der Waals surface area contributed by atoms with Gasteiger partial charge in [0.15, 0.2) is 5.84 Å². The van der Waals surface area contributed by atoms with Gasteiger partial charge in [0.1, 0.15) is 11.5 Å². The maximum Gasteiger partial charge on any atom is 0.173 e. The molecule has 0 heterocycles. The lowest BCUT2D eigenvalue weighted by molar-refractivity contribution is 0.318. The van der Waals surface area contributed by atoms with Crippen LogP contribution in [0.5, 0.6) is 11.5 Å². The lowest BCUT2D eigenvalue weighted by atomic mass is 10.0.